The Kier molecular flexibility index (Phi) is 8.33. The smallest absolute Gasteiger partial charge is 0.338 e. The van der Waals surface area contributed by atoms with Gasteiger partial charge < -0.3 is 10.1 Å². The molecule has 2 aromatic carbocycles. The van der Waals surface area contributed by atoms with Gasteiger partial charge in [-0.05, 0) is 42.5 Å². The Morgan fingerprint density at radius 2 is 1.84 bits per heavy atom. The molecule has 2 aromatic rings. The van der Waals surface area contributed by atoms with Crippen molar-refractivity contribution < 1.29 is 31.9 Å². The van der Waals surface area contributed by atoms with Crippen LogP contribution in [0.4, 0.5) is 14.9 Å². The van der Waals surface area contributed by atoms with Crippen LogP contribution in [-0.2, 0) is 19.6 Å². The average Bonchev–Trinajstić information content (AvgIpc) is 2.76. The summed E-state index contributed by atoms with van der Waals surface area (Å²) in [5, 5.41) is 3.89. The number of sulfonamides is 1. The monoisotopic (exact) mass is 483 g/mol. The largest absolute Gasteiger partial charge is 0.452 e. The second kappa shape index (κ2) is 10.7. The molecule has 9 nitrogen and oxygen atoms in total. The number of rotatable bonds is 8. The Morgan fingerprint density at radius 3 is 2.44 bits per heavy atom. The van der Waals surface area contributed by atoms with Crippen molar-refractivity contribution in [3.05, 3.63) is 71.5 Å². The number of halogens is 2. The second-order valence-corrected chi connectivity index (χ2v) is 8.39. The van der Waals surface area contributed by atoms with Crippen molar-refractivity contribution >= 4 is 45.2 Å². The molecule has 170 valence electrons. The highest BCUT2D eigenvalue weighted by atomic mass is 35.5. The number of amides is 3. The molecule has 2 rings (SSSR count). The third kappa shape index (κ3) is 6.05. The lowest BCUT2D eigenvalue weighted by Crippen LogP contribution is -2.39. The number of esters is 1. The number of nitrogens with zero attached hydrogens (tertiary/aromatic N) is 1. The molecular formula is C20H19ClFN3O6S. The fraction of sp³-hybridized carbons (Fsp3) is 0.150. The van der Waals surface area contributed by atoms with Crippen LogP contribution in [0.15, 0.2) is 60.0 Å². The van der Waals surface area contributed by atoms with E-state index >= 15 is 0 Å². The van der Waals surface area contributed by atoms with Gasteiger partial charge in [0.2, 0.25) is 0 Å². The van der Waals surface area contributed by atoms with Crippen molar-refractivity contribution in [2.75, 3.05) is 24.5 Å². The molecule has 12 heteroatoms. The van der Waals surface area contributed by atoms with Gasteiger partial charge in [0.25, 0.3) is 15.9 Å². The van der Waals surface area contributed by atoms with Gasteiger partial charge >= 0.3 is 12.0 Å². The zero-order valence-electron chi connectivity index (χ0n) is 16.8. The molecule has 0 aromatic heterocycles. The number of nitrogens with one attached hydrogen (secondary N) is 2. The number of hydrogen-bond donors (Lipinski definition) is 2. The highest BCUT2D eigenvalue weighted by Crippen LogP contribution is 2.29. The van der Waals surface area contributed by atoms with E-state index in [9.17, 15) is 27.2 Å². The molecule has 0 radical (unpaired) electrons. The maximum Gasteiger partial charge on any atom is 0.338 e. The number of imide groups is 1. The predicted molar refractivity (Wildman–Crippen MR) is 115 cm³/mol. The normalized spacial score (nSPS) is 10.7. The average molecular weight is 484 g/mol. The molecule has 0 aliphatic heterocycles. The van der Waals surface area contributed by atoms with Gasteiger partial charge in [-0.25, -0.2) is 22.4 Å². The van der Waals surface area contributed by atoms with Crippen LogP contribution in [0.25, 0.3) is 0 Å². The van der Waals surface area contributed by atoms with Gasteiger partial charge in [-0.15, -0.1) is 6.58 Å². The lowest BCUT2D eigenvalue weighted by Gasteiger charge is -2.24. The standard InChI is InChI=1S/C20H19ClFN3O6S/c1-3-10-25(15-7-5-14(22)6-8-15)32(29,30)17-11-13(4-9-16(17)21)19(27)31-12-18(26)24-20(28)23-2/h3-9,11H,1,10,12H2,2H3,(H2,23,24,26,28). The summed E-state index contributed by atoms with van der Waals surface area (Å²) in [4.78, 5) is 34.5. The number of benzene rings is 2. The van der Waals surface area contributed by atoms with Crippen LogP contribution in [0.3, 0.4) is 0 Å². The molecule has 3 amide bonds. The fourth-order valence-electron chi connectivity index (χ4n) is 2.45. The van der Waals surface area contributed by atoms with Crippen LogP contribution in [0, 0.1) is 5.82 Å². The van der Waals surface area contributed by atoms with Gasteiger partial charge in [0.15, 0.2) is 6.61 Å². The van der Waals surface area contributed by atoms with Crippen molar-refractivity contribution in [1.82, 2.24) is 10.6 Å². The van der Waals surface area contributed by atoms with Crippen molar-refractivity contribution in [2.45, 2.75) is 4.90 Å². The van der Waals surface area contributed by atoms with E-state index in [1.54, 1.807) is 0 Å². The van der Waals surface area contributed by atoms with Crippen molar-refractivity contribution in [1.29, 1.82) is 0 Å². The molecule has 0 unspecified atom stereocenters. The number of urea groups is 1. The van der Waals surface area contributed by atoms with Gasteiger partial charge in [0, 0.05) is 7.05 Å². The van der Waals surface area contributed by atoms with E-state index < -0.39 is 45.3 Å². The maximum absolute atomic E-state index is 13.3. The van der Waals surface area contributed by atoms with Crippen LogP contribution in [-0.4, -0.2) is 46.5 Å². The number of hydrogen-bond acceptors (Lipinski definition) is 6. The lowest BCUT2D eigenvalue weighted by molar-refractivity contribution is -0.123. The minimum Gasteiger partial charge on any atom is -0.452 e. The third-order valence-electron chi connectivity index (χ3n) is 3.96. The van der Waals surface area contributed by atoms with Gasteiger partial charge in [-0.3, -0.25) is 14.4 Å². The SMILES string of the molecule is C=CCN(c1ccc(F)cc1)S(=O)(=O)c1cc(C(=O)OCC(=O)NC(=O)NC)ccc1Cl. The summed E-state index contributed by atoms with van der Waals surface area (Å²) in [6, 6.07) is 7.36. The van der Waals surface area contributed by atoms with E-state index in [2.05, 4.69) is 11.9 Å². The number of ether oxygens (including phenoxy) is 1. The Morgan fingerprint density at radius 1 is 1.19 bits per heavy atom. The Labute approximate surface area is 188 Å². The minimum absolute atomic E-state index is 0.154. The van der Waals surface area contributed by atoms with E-state index in [1.165, 1.54) is 37.4 Å². The van der Waals surface area contributed by atoms with Crippen LogP contribution >= 0.6 is 11.6 Å². The zero-order chi connectivity index (χ0) is 23.9. The molecule has 0 aliphatic carbocycles. The molecule has 0 saturated carbocycles. The molecule has 0 atom stereocenters. The summed E-state index contributed by atoms with van der Waals surface area (Å²) in [6.07, 6.45) is 1.33. The predicted octanol–water partition coefficient (Wildman–Crippen LogP) is 2.47. The number of carbonyl (C=O) groups excluding carboxylic acids is 3. The highest BCUT2D eigenvalue weighted by molar-refractivity contribution is 7.93. The molecule has 2 N–H and O–H groups in total. The maximum atomic E-state index is 13.3. The van der Waals surface area contributed by atoms with Crippen LogP contribution < -0.4 is 14.9 Å². The van der Waals surface area contributed by atoms with Crippen LogP contribution in [0.2, 0.25) is 5.02 Å². The van der Waals surface area contributed by atoms with Crippen LogP contribution in [0.5, 0.6) is 0 Å². The van der Waals surface area contributed by atoms with E-state index in [1.807, 2.05) is 5.32 Å². The molecule has 0 saturated heterocycles. The molecular weight excluding hydrogens is 465 g/mol. The highest BCUT2D eigenvalue weighted by Gasteiger charge is 2.28. The van der Waals surface area contributed by atoms with Crippen LogP contribution in [0.1, 0.15) is 10.4 Å². The first-order valence-corrected chi connectivity index (χ1v) is 10.8. The minimum atomic E-state index is -4.30. The Hall–Kier alpha value is -3.44. The Bertz CT molecular complexity index is 1140. The topological polar surface area (TPSA) is 122 Å². The van der Waals surface area contributed by atoms with Gasteiger partial charge in [-0.2, -0.15) is 0 Å². The van der Waals surface area contributed by atoms with E-state index in [0.717, 1.165) is 22.5 Å². The first-order valence-electron chi connectivity index (χ1n) is 8.97. The first-order chi connectivity index (χ1) is 15.1. The third-order valence-corrected chi connectivity index (χ3v) is 6.23. The van der Waals surface area contributed by atoms with E-state index in [-0.39, 0.29) is 22.8 Å². The second-order valence-electron chi connectivity index (χ2n) is 6.15. The van der Waals surface area contributed by atoms with Gasteiger partial charge in [0.05, 0.1) is 22.8 Å². The van der Waals surface area contributed by atoms with Gasteiger partial charge in [-0.1, -0.05) is 17.7 Å². The number of anilines is 1. The van der Waals surface area contributed by atoms with Crippen molar-refractivity contribution in [2.24, 2.45) is 0 Å². The molecule has 0 heterocycles. The number of carbonyl (C=O) groups is 3. The quantitative estimate of drug-likeness (QED) is 0.439. The molecule has 0 fully saturated rings. The summed E-state index contributed by atoms with van der Waals surface area (Å²) in [6.45, 7) is 2.61. The molecule has 0 aliphatic rings. The van der Waals surface area contributed by atoms with Crippen molar-refractivity contribution in [3.63, 3.8) is 0 Å². The zero-order valence-corrected chi connectivity index (χ0v) is 18.4. The van der Waals surface area contributed by atoms with Crippen molar-refractivity contribution in [3.8, 4) is 0 Å². The molecule has 0 spiro atoms. The fourth-order valence-corrected chi connectivity index (χ4v) is 4.39. The summed E-state index contributed by atoms with van der Waals surface area (Å²) in [7, 11) is -3.00. The summed E-state index contributed by atoms with van der Waals surface area (Å²) in [5.41, 5.74) is -0.0420. The summed E-state index contributed by atoms with van der Waals surface area (Å²) in [5.74, 6) is -2.44. The molecule has 0 bridgehead atoms. The van der Waals surface area contributed by atoms with E-state index in [4.69, 9.17) is 16.3 Å². The van der Waals surface area contributed by atoms with E-state index in [0.29, 0.717) is 0 Å². The Balaban J connectivity index is 2.32. The lowest BCUT2D eigenvalue weighted by atomic mass is 10.2. The summed E-state index contributed by atoms with van der Waals surface area (Å²) < 4.78 is 45.5. The molecule has 32 heavy (non-hydrogen) atoms. The first kappa shape index (κ1) is 24.8. The summed E-state index contributed by atoms with van der Waals surface area (Å²) >= 11 is 6.09. The van der Waals surface area contributed by atoms with Gasteiger partial charge in [0.1, 0.15) is 10.7 Å².